The van der Waals surface area contributed by atoms with Gasteiger partial charge in [0.2, 0.25) is 0 Å². The highest BCUT2D eigenvalue weighted by molar-refractivity contribution is 6.04. The lowest BCUT2D eigenvalue weighted by Crippen LogP contribution is -2.31. The number of likely N-dealkylation sites (N-methyl/N-ethyl adjacent to an activating group) is 1. The largest absolute Gasteiger partial charge is 0.457 e. The average Bonchev–Trinajstić information content (AvgIpc) is 3.26. The van der Waals surface area contributed by atoms with Gasteiger partial charge in [0, 0.05) is 36.1 Å². The minimum Gasteiger partial charge on any atom is -0.457 e. The van der Waals surface area contributed by atoms with Crippen LogP contribution in [0, 0.1) is 0 Å². The number of nitrogens with one attached hydrogen (secondary N) is 1. The number of benzene rings is 3. The molecular formula is C25H27N3O2. The van der Waals surface area contributed by atoms with Crippen LogP contribution < -0.4 is 15.0 Å². The molecular weight excluding hydrogens is 374 g/mol. The number of para-hydroxylation sites is 1. The van der Waals surface area contributed by atoms with Gasteiger partial charge in [0.15, 0.2) is 0 Å². The lowest BCUT2D eigenvalue weighted by Gasteiger charge is -2.22. The molecule has 1 aliphatic heterocycles. The van der Waals surface area contributed by atoms with Gasteiger partial charge in [-0.15, -0.1) is 0 Å². The number of carbonyl (C=O) groups excluding carboxylic acids is 1. The maximum Gasteiger partial charge on any atom is 0.255 e. The molecule has 1 heterocycles. The van der Waals surface area contributed by atoms with Crippen molar-refractivity contribution in [2.75, 3.05) is 37.4 Å². The maximum atomic E-state index is 12.7. The molecule has 1 fully saturated rings. The summed E-state index contributed by atoms with van der Waals surface area (Å²) in [6, 6.07) is 25.4. The van der Waals surface area contributed by atoms with Crippen LogP contribution in [0.1, 0.15) is 16.8 Å². The van der Waals surface area contributed by atoms with Gasteiger partial charge >= 0.3 is 0 Å². The number of nitrogens with zero attached hydrogens (tertiary/aromatic N) is 2. The Morgan fingerprint density at radius 3 is 2.40 bits per heavy atom. The minimum absolute atomic E-state index is 0.157. The van der Waals surface area contributed by atoms with Crippen molar-refractivity contribution >= 4 is 17.3 Å². The number of ether oxygens (including phenoxy) is 1. The number of amides is 1. The molecule has 154 valence electrons. The Bertz CT molecular complexity index is 987. The quantitative estimate of drug-likeness (QED) is 0.640. The van der Waals surface area contributed by atoms with Crippen LogP contribution in [0.3, 0.4) is 0 Å². The second-order valence-corrected chi connectivity index (χ2v) is 7.80. The summed E-state index contributed by atoms with van der Waals surface area (Å²) >= 11 is 0. The summed E-state index contributed by atoms with van der Waals surface area (Å²) in [7, 11) is 4.26. The zero-order chi connectivity index (χ0) is 20.9. The van der Waals surface area contributed by atoms with E-state index in [-0.39, 0.29) is 5.91 Å². The third-order valence-electron chi connectivity index (χ3n) is 5.46. The number of carbonyl (C=O) groups is 1. The highest BCUT2D eigenvalue weighted by Gasteiger charge is 2.23. The van der Waals surface area contributed by atoms with Crippen molar-refractivity contribution in [2.45, 2.75) is 12.5 Å². The topological polar surface area (TPSA) is 44.8 Å². The van der Waals surface area contributed by atoms with E-state index in [2.05, 4.69) is 41.3 Å². The fraction of sp³-hybridized carbons (Fsp3) is 0.240. The monoisotopic (exact) mass is 401 g/mol. The first-order valence-corrected chi connectivity index (χ1v) is 10.2. The van der Waals surface area contributed by atoms with E-state index in [0.29, 0.717) is 17.4 Å². The van der Waals surface area contributed by atoms with Crippen molar-refractivity contribution in [2.24, 2.45) is 0 Å². The van der Waals surface area contributed by atoms with Gasteiger partial charge < -0.3 is 19.9 Å². The summed E-state index contributed by atoms with van der Waals surface area (Å²) in [4.78, 5) is 17.4. The Kier molecular flexibility index (Phi) is 6.00. The first-order valence-electron chi connectivity index (χ1n) is 10.2. The molecule has 0 aliphatic carbocycles. The third kappa shape index (κ3) is 4.81. The Morgan fingerprint density at radius 2 is 1.70 bits per heavy atom. The molecule has 1 amide bonds. The van der Waals surface area contributed by atoms with E-state index in [4.69, 9.17) is 4.74 Å². The lowest BCUT2D eigenvalue weighted by molar-refractivity contribution is 0.102. The Hall–Kier alpha value is -3.31. The van der Waals surface area contributed by atoms with E-state index < -0.39 is 0 Å². The SMILES string of the molecule is CN(C)C1CCN(c2ccc(NC(=O)c3cccc(Oc4ccccc4)c3)cc2)C1. The molecule has 5 heteroatoms. The van der Waals surface area contributed by atoms with E-state index in [9.17, 15) is 4.79 Å². The van der Waals surface area contributed by atoms with Crippen molar-refractivity contribution in [1.82, 2.24) is 4.90 Å². The summed E-state index contributed by atoms with van der Waals surface area (Å²) in [6.45, 7) is 2.09. The normalized spacial score (nSPS) is 16.0. The molecule has 5 nitrogen and oxygen atoms in total. The van der Waals surface area contributed by atoms with Crippen LogP contribution in [0.2, 0.25) is 0 Å². The lowest BCUT2D eigenvalue weighted by atomic mass is 10.2. The minimum atomic E-state index is -0.157. The van der Waals surface area contributed by atoms with Crippen LogP contribution in [-0.2, 0) is 0 Å². The highest BCUT2D eigenvalue weighted by atomic mass is 16.5. The third-order valence-corrected chi connectivity index (χ3v) is 5.46. The van der Waals surface area contributed by atoms with Crippen LogP contribution in [-0.4, -0.2) is 44.0 Å². The molecule has 0 radical (unpaired) electrons. The van der Waals surface area contributed by atoms with Gasteiger partial charge in [-0.3, -0.25) is 4.79 Å². The Morgan fingerprint density at radius 1 is 0.967 bits per heavy atom. The number of anilines is 2. The molecule has 3 aromatic rings. The van der Waals surface area contributed by atoms with E-state index in [1.165, 1.54) is 12.1 Å². The highest BCUT2D eigenvalue weighted by Crippen LogP contribution is 2.25. The molecule has 0 spiro atoms. The Labute approximate surface area is 177 Å². The van der Waals surface area contributed by atoms with Gasteiger partial charge in [0.05, 0.1) is 0 Å². The van der Waals surface area contributed by atoms with Gasteiger partial charge in [-0.05, 0) is 75.1 Å². The zero-order valence-electron chi connectivity index (χ0n) is 17.4. The molecule has 0 aromatic heterocycles. The van der Waals surface area contributed by atoms with E-state index in [1.807, 2.05) is 54.6 Å². The molecule has 1 saturated heterocycles. The maximum absolute atomic E-state index is 12.7. The van der Waals surface area contributed by atoms with E-state index in [0.717, 1.165) is 24.5 Å². The van der Waals surface area contributed by atoms with Crippen molar-refractivity contribution in [3.63, 3.8) is 0 Å². The van der Waals surface area contributed by atoms with Gasteiger partial charge in [0.25, 0.3) is 5.91 Å². The van der Waals surface area contributed by atoms with Crippen molar-refractivity contribution < 1.29 is 9.53 Å². The van der Waals surface area contributed by atoms with E-state index >= 15 is 0 Å². The summed E-state index contributed by atoms with van der Waals surface area (Å²) in [5.41, 5.74) is 2.53. The smallest absolute Gasteiger partial charge is 0.255 e. The second-order valence-electron chi connectivity index (χ2n) is 7.80. The Balaban J connectivity index is 1.39. The summed E-state index contributed by atoms with van der Waals surface area (Å²) in [6.07, 6.45) is 1.17. The fourth-order valence-electron chi connectivity index (χ4n) is 3.68. The average molecular weight is 402 g/mol. The van der Waals surface area contributed by atoms with Gasteiger partial charge in [0.1, 0.15) is 11.5 Å². The summed E-state index contributed by atoms with van der Waals surface area (Å²) < 4.78 is 5.83. The van der Waals surface area contributed by atoms with Gasteiger partial charge in [-0.1, -0.05) is 24.3 Å². The van der Waals surface area contributed by atoms with Crippen LogP contribution in [0.25, 0.3) is 0 Å². The predicted octanol–water partition coefficient (Wildman–Crippen LogP) is 4.87. The first-order chi connectivity index (χ1) is 14.6. The molecule has 3 aromatic carbocycles. The summed E-state index contributed by atoms with van der Waals surface area (Å²) in [5.74, 6) is 1.22. The molecule has 1 unspecified atom stereocenters. The van der Waals surface area contributed by atoms with Crippen LogP contribution in [0.15, 0.2) is 78.9 Å². The standard InChI is InChI=1S/C25H27N3O2/c1-27(2)22-15-16-28(18-22)21-13-11-20(12-14-21)26-25(29)19-7-6-10-24(17-19)30-23-8-4-3-5-9-23/h3-14,17,22H,15-16,18H2,1-2H3,(H,26,29). The summed E-state index contributed by atoms with van der Waals surface area (Å²) in [5, 5.41) is 2.97. The van der Waals surface area contributed by atoms with Gasteiger partial charge in [-0.2, -0.15) is 0 Å². The molecule has 30 heavy (non-hydrogen) atoms. The van der Waals surface area contributed by atoms with Crippen LogP contribution in [0.5, 0.6) is 11.5 Å². The molecule has 1 atom stereocenters. The van der Waals surface area contributed by atoms with Gasteiger partial charge in [-0.25, -0.2) is 0 Å². The zero-order valence-corrected chi connectivity index (χ0v) is 17.4. The van der Waals surface area contributed by atoms with Crippen LogP contribution in [0.4, 0.5) is 11.4 Å². The van der Waals surface area contributed by atoms with E-state index in [1.54, 1.807) is 12.1 Å². The number of hydrogen-bond donors (Lipinski definition) is 1. The molecule has 1 aliphatic rings. The van der Waals surface area contributed by atoms with Crippen molar-refractivity contribution in [3.8, 4) is 11.5 Å². The molecule has 0 bridgehead atoms. The first kappa shape index (κ1) is 20.0. The second kappa shape index (κ2) is 9.01. The number of hydrogen-bond acceptors (Lipinski definition) is 4. The fourth-order valence-corrected chi connectivity index (χ4v) is 3.68. The van der Waals surface area contributed by atoms with Crippen molar-refractivity contribution in [3.05, 3.63) is 84.4 Å². The number of rotatable bonds is 6. The molecule has 0 saturated carbocycles. The van der Waals surface area contributed by atoms with Crippen molar-refractivity contribution in [1.29, 1.82) is 0 Å². The predicted molar refractivity (Wildman–Crippen MR) is 122 cm³/mol. The molecule has 4 rings (SSSR count). The van der Waals surface area contributed by atoms with Crippen LogP contribution >= 0.6 is 0 Å². The molecule has 1 N–H and O–H groups in total.